The van der Waals surface area contributed by atoms with Gasteiger partial charge in [0.25, 0.3) is 0 Å². The van der Waals surface area contributed by atoms with Gasteiger partial charge in [0.1, 0.15) is 0 Å². The van der Waals surface area contributed by atoms with Crippen LogP contribution in [0, 0.1) is 0 Å². The number of rotatable bonds is 6. The maximum absolute atomic E-state index is 10.7. The van der Waals surface area contributed by atoms with Gasteiger partial charge in [-0.25, -0.2) is 4.79 Å². The zero-order valence-corrected chi connectivity index (χ0v) is 8.86. The predicted octanol–water partition coefficient (Wildman–Crippen LogP) is 3.32. The largest absolute Gasteiger partial charge is 0.478 e. The smallest absolute Gasteiger partial charge is 0.335 e. The number of hydrogen-bond acceptors (Lipinski definition) is 1. The second-order valence-corrected chi connectivity index (χ2v) is 3.00. The van der Waals surface area contributed by atoms with E-state index in [0.717, 1.165) is 19.3 Å². The molecule has 0 rings (SSSR count). The Bertz CT molecular complexity index is 247. The second-order valence-electron chi connectivity index (χ2n) is 3.00. The predicted molar refractivity (Wildman–Crippen MR) is 59.2 cm³/mol. The van der Waals surface area contributed by atoms with Gasteiger partial charge in [0.15, 0.2) is 0 Å². The molecular formula is C12H18O2. The topological polar surface area (TPSA) is 37.3 Å². The molecule has 2 nitrogen and oxygen atoms in total. The Labute approximate surface area is 85.6 Å². The Morgan fingerprint density at radius 3 is 2.64 bits per heavy atom. The molecule has 0 aliphatic rings. The third-order valence-corrected chi connectivity index (χ3v) is 1.73. The average Bonchev–Trinajstić information content (AvgIpc) is 2.15. The third kappa shape index (κ3) is 6.23. The van der Waals surface area contributed by atoms with E-state index in [0.29, 0.717) is 5.57 Å². The van der Waals surface area contributed by atoms with Crippen molar-refractivity contribution in [3.63, 3.8) is 0 Å². The van der Waals surface area contributed by atoms with Crippen molar-refractivity contribution >= 4 is 5.97 Å². The molecule has 0 aliphatic carbocycles. The highest BCUT2D eigenvalue weighted by molar-refractivity contribution is 5.90. The van der Waals surface area contributed by atoms with Crippen LogP contribution in [0.15, 0.2) is 36.0 Å². The monoisotopic (exact) mass is 194 g/mol. The van der Waals surface area contributed by atoms with E-state index in [4.69, 9.17) is 5.11 Å². The highest BCUT2D eigenvalue weighted by atomic mass is 16.4. The highest BCUT2D eigenvalue weighted by Gasteiger charge is 1.99. The fraction of sp³-hybridized carbons (Fsp3) is 0.417. The molecule has 2 heteroatoms. The summed E-state index contributed by atoms with van der Waals surface area (Å²) in [4.78, 5) is 10.7. The summed E-state index contributed by atoms with van der Waals surface area (Å²) in [7, 11) is 0. The molecule has 0 bridgehead atoms. The van der Waals surface area contributed by atoms with Crippen LogP contribution in [0.3, 0.4) is 0 Å². The quantitative estimate of drug-likeness (QED) is 0.400. The Kier molecular flexibility index (Phi) is 7.52. The van der Waals surface area contributed by atoms with Crippen molar-refractivity contribution in [1.82, 2.24) is 0 Å². The minimum atomic E-state index is -0.886. The Morgan fingerprint density at radius 2 is 2.14 bits per heavy atom. The lowest BCUT2D eigenvalue weighted by molar-refractivity contribution is -0.132. The van der Waals surface area contributed by atoms with E-state index < -0.39 is 5.97 Å². The van der Waals surface area contributed by atoms with Crippen LogP contribution in [0.1, 0.15) is 33.1 Å². The van der Waals surface area contributed by atoms with E-state index >= 15 is 0 Å². The first-order chi connectivity index (χ1) is 6.72. The number of allylic oxidation sites excluding steroid dienone is 4. The first-order valence-corrected chi connectivity index (χ1v) is 4.95. The van der Waals surface area contributed by atoms with Gasteiger partial charge in [-0.2, -0.15) is 0 Å². The molecule has 0 radical (unpaired) electrons. The average molecular weight is 194 g/mol. The van der Waals surface area contributed by atoms with E-state index in [1.807, 2.05) is 6.08 Å². The number of hydrogen-bond donors (Lipinski definition) is 1. The van der Waals surface area contributed by atoms with Gasteiger partial charge in [-0.3, -0.25) is 0 Å². The molecule has 0 saturated heterocycles. The summed E-state index contributed by atoms with van der Waals surface area (Å²) in [5.74, 6) is -0.886. The molecule has 14 heavy (non-hydrogen) atoms. The van der Waals surface area contributed by atoms with E-state index in [9.17, 15) is 4.79 Å². The van der Waals surface area contributed by atoms with Gasteiger partial charge >= 0.3 is 5.97 Å². The van der Waals surface area contributed by atoms with Crippen molar-refractivity contribution in [3.05, 3.63) is 36.0 Å². The van der Waals surface area contributed by atoms with Crippen molar-refractivity contribution < 1.29 is 9.90 Å². The van der Waals surface area contributed by atoms with Crippen LogP contribution in [0.4, 0.5) is 0 Å². The lowest BCUT2D eigenvalue weighted by Gasteiger charge is -1.91. The normalized spacial score (nSPS) is 12.9. The Balaban J connectivity index is 4.16. The summed E-state index contributed by atoms with van der Waals surface area (Å²) in [6.07, 6.45) is 12.1. The summed E-state index contributed by atoms with van der Waals surface area (Å²) in [5.41, 5.74) is 0.320. The number of aliphatic carboxylic acids is 1. The van der Waals surface area contributed by atoms with E-state index in [-0.39, 0.29) is 0 Å². The van der Waals surface area contributed by atoms with Crippen molar-refractivity contribution in [2.45, 2.75) is 33.1 Å². The van der Waals surface area contributed by atoms with Gasteiger partial charge in [0.2, 0.25) is 0 Å². The minimum Gasteiger partial charge on any atom is -0.478 e. The van der Waals surface area contributed by atoms with Crippen molar-refractivity contribution in [2.24, 2.45) is 0 Å². The maximum Gasteiger partial charge on any atom is 0.335 e. The molecule has 0 fully saturated rings. The summed E-state index contributed by atoms with van der Waals surface area (Å²) < 4.78 is 0. The first-order valence-electron chi connectivity index (χ1n) is 4.95. The van der Waals surface area contributed by atoms with Crippen LogP contribution >= 0.6 is 0 Å². The molecule has 0 heterocycles. The molecular weight excluding hydrogens is 176 g/mol. The lowest BCUT2D eigenvalue weighted by Crippen LogP contribution is -1.96. The molecule has 0 aliphatic heterocycles. The molecule has 0 spiro atoms. The summed E-state index contributed by atoms with van der Waals surface area (Å²) >= 11 is 0. The fourth-order valence-electron chi connectivity index (χ4n) is 0.968. The number of carboxylic acid groups (broad SMARTS) is 1. The van der Waals surface area contributed by atoms with Gasteiger partial charge in [0.05, 0.1) is 5.57 Å². The lowest BCUT2D eigenvalue weighted by atomic mass is 10.2. The van der Waals surface area contributed by atoms with Gasteiger partial charge in [-0.05, 0) is 19.4 Å². The maximum atomic E-state index is 10.7. The van der Waals surface area contributed by atoms with Crippen molar-refractivity contribution in [2.75, 3.05) is 0 Å². The molecule has 0 unspecified atom stereocenters. The van der Waals surface area contributed by atoms with E-state index in [1.54, 1.807) is 31.2 Å². The molecule has 0 atom stereocenters. The molecule has 0 amide bonds. The van der Waals surface area contributed by atoms with Crippen molar-refractivity contribution in [3.8, 4) is 0 Å². The summed E-state index contributed by atoms with van der Waals surface area (Å²) in [6.45, 7) is 3.93. The zero-order chi connectivity index (χ0) is 10.8. The number of carbonyl (C=O) groups is 1. The van der Waals surface area contributed by atoms with Crippen LogP contribution in [-0.4, -0.2) is 11.1 Å². The van der Waals surface area contributed by atoms with Gasteiger partial charge in [0, 0.05) is 0 Å². The first kappa shape index (κ1) is 12.7. The van der Waals surface area contributed by atoms with Crippen LogP contribution < -0.4 is 0 Å². The summed E-state index contributed by atoms with van der Waals surface area (Å²) in [6, 6.07) is 0. The molecule has 0 saturated carbocycles. The Hall–Kier alpha value is -1.31. The fourth-order valence-corrected chi connectivity index (χ4v) is 0.968. The SMILES string of the molecule is C/C=C/C(=C/C=C/CCCC)C(=O)O. The number of unbranched alkanes of at least 4 members (excludes halogenated alkanes) is 2. The van der Waals surface area contributed by atoms with Gasteiger partial charge in [-0.15, -0.1) is 0 Å². The van der Waals surface area contributed by atoms with E-state index in [1.165, 1.54) is 0 Å². The van der Waals surface area contributed by atoms with Crippen LogP contribution in [0.5, 0.6) is 0 Å². The molecule has 78 valence electrons. The Morgan fingerprint density at radius 1 is 1.43 bits per heavy atom. The molecule has 0 aromatic carbocycles. The second kappa shape index (κ2) is 8.30. The van der Waals surface area contributed by atoms with Crippen LogP contribution in [0.2, 0.25) is 0 Å². The van der Waals surface area contributed by atoms with Gasteiger partial charge in [-0.1, -0.05) is 44.1 Å². The molecule has 0 aromatic heterocycles. The van der Waals surface area contributed by atoms with Crippen LogP contribution in [0.25, 0.3) is 0 Å². The minimum absolute atomic E-state index is 0.320. The standard InChI is InChI=1S/C12H18O2/c1-3-5-6-7-8-10-11(9-4-2)12(13)14/h4,7-10H,3,5-6H2,1-2H3,(H,13,14)/b8-7+,9-4+,11-10-. The zero-order valence-electron chi connectivity index (χ0n) is 8.86. The summed E-state index contributed by atoms with van der Waals surface area (Å²) in [5, 5.41) is 8.75. The third-order valence-electron chi connectivity index (χ3n) is 1.73. The van der Waals surface area contributed by atoms with Crippen molar-refractivity contribution in [1.29, 1.82) is 0 Å². The van der Waals surface area contributed by atoms with E-state index in [2.05, 4.69) is 6.92 Å². The molecule has 1 N–H and O–H groups in total. The van der Waals surface area contributed by atoms with Gasteiger partial charge < -0.3 is 5.11 Å². The number of carboxylic acids is 1. The highest BCUT2D eigenvalue weighted by Crippen LogP contribution is 2.00. The van der Waals surface area contributed by atoms with Crippen LogP contribution in [-0.2, 0) is 4.79 Å². The molecule has 0 aromatic rings.